The zero-order chi connectivity index (χ0) is 13.9. The van der Waals surface area contributed by atoms with Crippen LogP contribution >= 0.6 is 0 Å². The van der Waals surface area contributed by atoms with Crippen molar-refractivity contribution in [3.8, 4) is 0 Å². The van der Waals surface area contributed by atoms with Gasteiger partial charge in [0.05, 0.1) is 12.7 Å². The second kappa shape index (κ2) is 9.53. The Balaban J connectivity index is 2.31. The fourth-order valence-electron chi connectivity index (χ4n) is 1.75. The summed E-state index contributed by atoms with van der Waals surface area (Å²) in [6.45, 7) is 5.24. The van der Waals surface area contributed by atoms with E-state index in [1.165, 1.54) is 7.11 Å². The number of hydrogen-bond acceptors (Lipinski definition) is 4. The highest BCUT2D eigenvalue weighted by Crippen LogP contribution is 2.09. The highest BCUT2D eigenvalue weighted by molar-refractivity contribution is 5.90. The van der Waals surface area contributed by atoms with Gasteiger partial charge in [0.25, 0.3) is 0 Å². The van der Waals surface area contributed by atoms with Gasteiger partial charge >= 0.3 is 5.97 Å². The van der Waals surface area contributed by atoms with Crippen LogP contribution in [-0.4, -0.2) is 32.8 Å². The van der Waals surface area contributed by atoms with Crippen LogP contribution in [0.15, 0.2) is 24.3 Å². The fourth-order valence-corrected chi connectivity index (χ4v) is 1.75. The molecule has 0 saturated carbocycles. The Hall–Kier alpha value is -1.39. The number of carbonyl (C=O) groups is 1. The van der Waals surface area contributed by atoms with E-state index in [1.807, 2.05) is 18.2 Å². The van der Waals surface area contributed by atoms with E-state index in [4.69, 9.17) is 9.47 Å². The molecule has 0 atom stereocenters. The van der Waals surface area contributed by atoms with Gasteiger partial charge in [-0.15, -0.1) is 0 Å². The van der Waals surface area contributed by atoms with Crippen LogP contribution in [0.2, 0.25) is 0 Å². The number of esters is 1. The zero-order valence-electron chi connectivity index (χ0n) is 11.8. The fraction of sp³-hybridized carbons (Fsp3) is 0.533. The van der Waals surface area contributed by atoms with Crippen LogP contribution in [0.3, 0.4) is 0 Å². The van der Waals surface area contributed by atoms with E-state index >= 15 is 0 Å². The Kier molecular flexibility index (Phi) is 7.86. The maximum absolute atomic E-state index is 11.6. The minimum absolute atomic E-state index is 0.288. The van der Waals surface area contributed by atoms with Gasteiger partial charge in [-0.1, -0.05) is 25.1 Å². The Morgan fingerprint density at radius 2 is 2.05 bits per heavy atom. The van der Waals surface area contributed by atoms with E-state index in [0.29, 0.717) is 12.1 Å². The summed E-state index contributed by atoms with van der Waals surface area (Å²) in [5, 5.41) is 3.31. The largest absolute Gasteiger partial charge is 0.465 e. The molecule has 0 aliphatic carbocycles. The van der Waals surface area contributed by atoms with Crippen molar-refractivity contribution in [2.75, 3.05) is 26.9 Å². The lowest BCUT2D eigenvalue weighted by Crippen LogP contribution is -2.18. The Morgan fingerprint density at radius 1 is 1.26 bits per heavy atom. The molecule has 0 aliphatic rings. The van der Waals surface area contributed by atoms with Gasteiger partial charge in [0.1, 0.15) is 0 Å². The molecule has 1 N–H and O–H groups in total. The molecule has 19 heavy (non-hydrogen) atoms. The average Bonchev–Trinajstić information content (AvgIpc) is 2.46. The molecule has 0 amide bonds. The maximum atomic E-state index is 11.6. The lowest BCUT2D eigenvalue weighted by molar-refractivity contribution is 0.0599. The summed E-state index contributed by atoms with van der Waals surface area (Å²) in [5.74, 6) is -0.288. The molecule has 1 rings (SSSR count). The molecular formula is C15H23NO3. The number of nitrogens with one attached hydrogen (secondary N) is 1. The van der Waals surface area contributed by atoms with Gasteiger partial charge in [-0.3, -0.25) is 0 Å². The molecule has 0 bridgehead atoms. The van der Waals surface area contributed by atoms with E-state index in [1.54, 1.807) is 6.07 Å². The van der Waals surface area contributed by atoms with E-state index in [0.717, 1.165) is 38.2 Å². The van der Waals surface area contributed by atoms with Crippen molar-refractivity contribution in [3.05, 3.63) is 35.4 Å². The summed E-state index contributed by atoms with van der Waals surface area (Å²) in [6, 6.07) is 7.49. The molecule has 4 nitrogen and oxygen atoms in total. The van der Waals surface area contributed by atoms with Gasteiger partial charge in [0.2, 0.25) is 0 Å². The average molecular weight is 265 g/mol. The third kappa shape index (κ3) is 5.85. The SMILES string of the molecule is CCCOCCCNCc1ccccc1C(=O)OC. The molecule has 0 radical (unpaired) electrons. The van der Waals surface area contributed by atoms with E-state index in [9.17, 15) is 4.79 Å². The first-order chi connectivity index (χ1) is 9.29. The molecule has 1 aromatic carbocycles. The lowest BCUT2D eigenvalue weighted by atomic mass is 10.1. The monoisotopic (exact) mass is 265 g/mol. The first-order valence-electron chi connectivity index (χ1n) is 6.74. The van der Waals surface area contributed by atoms with Crippen molar-refractivity contribution >= 4 is 5.97 Å². The second-order valence-electron chi connectivity index (χ2n) is 4.29. The normalized spacial score (nSPS) is 10.4. The molecule has 0 heterocycles. The third-order valence-electron chi connectivity index (χ3n) is 2.73. The molecular weight excluding hydrogens is 242 g/mol. The van der Waals surface area contributed by atoms with Crippen LogP contribution in [0.5, 0.6) is 0 Å². The van der Waals surface area contributed by atoms with Gasteiger partial charge in [-0.25, -0.2) is 4.79 Å². The molecule has 0 aromatic heterocycles. The van der Waals surface area contributed by atoms with Gasteiger partial charge in [0.15, 0.2) is 0 Å². The Labute approximate surface area is 115 Å². The minimum Gasteiger partial charge on any atom is -0.465 e. The lowest BCUT2D eigenvalue weighted by Gasteiger charge is -2.09. The predicted molar refractivity (Wildman–Crippen MR) is 75.2 cm³/mol. The van der Waals surface area contributed by atoms with Crippen LogP contribution in [0.4, 0.5) is 0 Å². The van der Waals surface area contributed by atoms with Crippen molar-refractivity contribution in [2.24, 2.45) is 0 Å². The van der Waals surface area contributed by atoms with Crippen LogP contribution in [0, 0.1) is 0 Å². The van der Waals surface area contributed by atoms with Crippen molar-refractivity contribution in [1.29, 1.82) is 0 Å². The number of carbonyl (C=O) groups excluding carboxylic acids is 1. The quantitative estimate of drug-likeness (QED) is 0.550. The number of methoxy groups -OCH3 is 1. The smallest absolute Gasteiger partial charge is 0.338 e. The number of hydrogen-bond donors (Lipinski definition) is 1. The van der Waals surface area contributed by atoms with E-state index < -0.39 is 0 Å². The molecule has 0 unspecified atom stereocenters. The summed E-state index contributed by atoms with van der Waals surface area (Å²) in [7, 11) is 1.40. The van der Waals surface area contributed by atoms with Crippen molar-refractivity contribution in [3.63, 3.8) is 0 Å². The number of ether oxygens (including phenoxy) is 2. The zero-order valence-corrected chi connectivity index (χ0v) is 11.8. The summed E-state index contributed by atoms with van der Waals surface area (Å²) in [6.07, 6.45) is 2.03. The minimum atomic E-state index is -0.288. The highest BCUT2D eigenvalue weighted by Gasteiger charge is 2.09. The Bertz CT molecular complexity index is 379. The maximum Gasteiger partial charge on any atom is 0.338 e. The predicted octanol–water partition coefficient (Wildman–Crippen LogP) is 2.38. The Morgan fingerprint density at radius 3 is 2.79 bits per heavy atom. The summed E-state index contributed by atoms with van der Waals surface area (Å²) >= 11 is 0. The number of benzene rings is 1. The molecule has 1 aromatic rings. The van der Waals surface area contributed by atoms with Gasteiger partial charge in [-0.2, -0.15) is 0 Å². The molecule has 0 saturated heterocycles. The van der Waals surface area contributed by atoms with Crippen LogP contribution < -0.4 is 5.32 Å². The van der Waals surface area contributed by atoms with Gasteiger partial charge in [-0.05, 0) is 31.0 Å². The summed E-state index contributed by atoms with van der Waals surface area (Å²) in [4.78, 5) is 11.6. The summed E-state index contributed by atoms with van der Waals surface area (Å²) in [5.41, 5.74) is 1.59. The van der Waals surface area contributed by atoms with E-state index in [2.05, 4.69) is 12.2 Å². The highest BCUT2D eigenvalue weighted by atomic mass is 16.5. The first kappa shape index (κ1) is 15.7. The molecule has 0 aliphatic heterocycles. The first-order valence-corrected chi connectivity index (χ1v) is 6.74. The standard InChI is InChI=1S/C15H23NO3/c1-3-10-19-11-6-9-16-12-13-7-4-5-8-14(13)15(17)18-2/h4-5,7-8,16H,3,6,9-12H2,1-2H3. The van der Waals surface area contributed by atoms with E-state index in [-0.39, 0.29) is 5.97 Å². The molecule has 0 spiro atoms. The van der Waals surface area contributed by atoms with Crippen molar-refractivity contribution in [2.45, 2.75) is 26.3 Å². The van der Waals surface area contributed by atoms with Gasteiger partial charge < -0.3 is 14.8 Å². The van der Waals surface area contributed by atoms with Gasteiger partial charge in [0, 0.05) is 19.8 Å². The number of rotatable bonds is 9. The topological polar surface area (TPSA) is 47.6 Å². The molecule has 0 fully saturated rings. The van der Waals surface area contributed by atoms with Crippen LogP contribution in [0.25, 0.3) is 0 Å². The van der Waals surface area contributed by atoms with Crippen molar-refractivity contribution in [1.82, 2.24) is 5.32 Å². The van der Waals surface area contributed by atoms with Crippen LogP contribution in [-0.2, 0) is 16.0 Å². The molecule has 106 valence electrons. The second-order valence-corrected chi connectivity index (χ2v) is 4.29. The third-order valence-corrected chi connectivity index (χ3v) is 2.73. The van der Waals surface area contributed by atoms with Crippen molar-refractivity contribution < 1.29 is 14.3 Å². The van der Waals surface area contributed by atoms with Crippen LogP contribution in [0.1, 0.15) is 35.7 Å². The molecule has 4 heteroatoms. The summed E-state index contributed by atoms with van der Waals surface area (Å²) < 4.78 is 10.2.